The number of amides is 2. The highest BCUT2D eigenvalue weighted by Crippen LogP contribution is 2.20. The highest BCUT2D eigenvalue weighted by molar-refractivity contribution is 5.85. The Labute approximate surface area is 103 Å². The molecule has 0 aromatic rings. The van der Waals surface area contributed by atoms with Crippen LogP contribution in [0.2, 0.25) is 0 Å². The summed E-state index contributed by atoms with van der Waals surface area (Å²) in [5, 5.41) is 8.91. The molecule has 0 spiro atoms. The van der Waals surface area contributed by atoms with Crippen molar-refractivity contribution >= 4 is 12.0 Å². The summed E-state index contributed by atoms with van der Waals surface area (Å²) in [6, 6.07) is -0.970. The van der Waals surface area contributed by atoms with Crippen molar-refractivity contribution in [1.82, 2.24) is 9.80 Å². The molecular weight excluding hydrogens is 253 g/mol. The average Bonchev–Trinajstić information content (AvgIpc) is 2.22. The molecule has 8 heteroatoms. The highest BCUT2D eigenvalue weighted by atomic mass is 19.4. The molecule has 1 N–H and O–H groups in total. The first-order valence-electron chi connectivity index (χ1n) is 5.26. The third-order valence-electron chi connectivity index (χ3n) is 2.67. The quantitative estimate of drug-likeness (QED) is 0.847. The maximum Gasteiger partial charge on any atom is 0.406 e. The summed E-state index contributed by atoms with van der Waals surface area (Å²) in [5.74, 6) is -1.29. The van der Waals surface area contributed by atoms with Crippen molar-refractivity contribution in [3.05, 3.63) is 0 Å². The number of nitrogens with zero attached hydrogens (tertiary/aromatic N) is 2. The van der Waals surface area contributed by atoms with Crippen molar-refractivity contribution in [2.75, 3.05) is 20.1 Å². The first-order chi connectivity index (χ1) is 7.93. The summed E-state index contributed by atoms with van der Waals surface area (Å²) < 4.78 is 36.7. The van der Waals surface area contributed by atoms with E-state index in [0.29, 0.717) is 4.90 Å². The summed E-state index contributed by atoms with van der Waals surface area (Å²) >= 11 is 0. The zero-order chi connectivity index (χ0) is 14.7. The van der Waals surface area contributed by atoms with Crippen LogP contribution in [0.1, 0.15) is 20.8 Å². The first-order valence-corrected chi connectivity index (χ1v) is 5.26. The Morgan fingerprint density at radius 3 is 1.94 bits per heavy atom. The number of carboxylic acids is 1. The first kappa shape index (κ1) is 16.5. The van der Waals surface area contributed by atoms with Crippen molar-refractivity contribution < 1.29 is 27.9 Å². The van der Waals surface area contributed by atoms with Gasteiger partial charge in [-0.15, -0.1) is 0 Å². The number of aliphatic carboxylic acids is 1. The Hall–Kier alpha value is -1.47. The Morgan fingerprint density at radius 1 is 1.22 bits per heavy atom. The van der Waals surface area contributed by atoms with Crippen molar-refractivity contribution in [3.63, 3.8) is 0 Å². The number of carbonyl (C=O) groups excluding carboxylic acids is 1. The van der Waals surface area contributed by atoms with Gasteiger partial charge in [0.15, 0.2) is 0 Å². The van der Waals surface area contributed by atoms with Crippen LogP contribution < -0.4 is 0 Å². The molecule has 0 heterocycles. The molecule has 0 bridgehead atoms. The lowest BCUT2D eigenvalue weighted by atomic mass is 10.0. The summed E-state index contributed by atoms with van der Waals surface area (Å²) in [6.07, 6.45) is -4.51. The van der Waals surface area contributed by atoms with Crippen molar-refractivity contribution in [2.24, 2.45) is 0 Å². The fourth-order valence-electron chi connectivity index (χ4n) is 1.13. The van der Waals surface area contributed by atoms with Crippen LogP contribution in [0.3, 0.4) is 0 Å². The van der Waals surface area contributed by atoms with E-state index >= 15 is 0 Å². The molecule has 0 radical (unpaired) electrons. The van der Waals surface area contributed by atoms with E-state index in [0.717, 1.165) is 11.9 Å². The second-order valence-corrected chi connectivity index (χ2v) is 4.34. The van der Waals surface area contributed by atoms with Crippen LogP contribution in [0.25, 0.3) is 0 Å². The highest BCUT2D eigenvalue weighted by Gasteiger charge is 2.39. The van der Waals surface area contributed by atoms with Crippen LogP contribution in [0, 0.1) is 0 Å². The minimum atomic E-state index is -4.51. The van der Waals surface area contributed by atoms with E-state index in [2.05, 4.69) is 0 Å². The molecule has 2 amide bonds. The molecular formula is C10H17F3N2O3. The summed E-state index contributed by atoms with van der Waals surface area (Å²) in [4.78, 5) is 24.0. The van der Waals surface area contributed by atoms with Crippen molar-refractivity contribution in [2.45, 2.75) is 32.5 Å². The number of hydrogen-bond acceptors (Lipinski definition) is 2. The topological polar surface area (TPSA) is 60.9 Å². The van der Waals surface area contributed by atoms with E-state index in [4.69, 9.17) is 5.11 Å². The molecule has 106 valence electrons. The minimum absolute atomic E-state index is 0.154. The van der Waals surface area contributed by atoms with E-state index in [1.165, 1.54) is 20.8 Å². The molecule has 0 aromatic carbocycles. The normalized spacial score (nSPS) is 12.2. The number of urea groups is 1. The van der Waals surface area contributed by atoms with Gasteiger partial charge in [0, 0.05) is 13.6 Å². The molecule has 0 aliphatic rings. The Balaban J connectivity index is 4.96. The van der Waals surface area contributed by atoms with Crippen LogP contribution in [0.4, 0.5) is 18.0 Å². The van der Waals surface area contributed by atoms with Crippen LogP contribution in [0.5, 0.6) is 0 Å². The maximum absolute atomic E-state index is 12.2. The van der Waals surface area contributed by atoms with Gasteiger partial charge in [-0.25, -0.2) is 9.59 Å². The summed E-state index contributed by atoms with van der Waals surface area (Å²) in [5.41, 5.74) is -1.57. The number of hydrogen-bond donors (Lipinski definition) is 1. The number of alkyl halides is 3. The van der Waals surface area contributed by atoms with Gasteiger partial charge in [-0.2, -0.15) is 13.2 Å². The lowest BCUT2D eigenvalue weighted by Crippen LogP contribution is -2.56. The minimum Gasteiger partial charge on any atom is -0.480 e. The third-order valence-corrected chi connectivity index (χ3v) is 2.67. The third kappa shape index (κ3) is 4.08. The zero-order valence-electron chi connectivity index (χ0n) is 10.7. The van der Waals surface area contributed by atoms with Crippen LogP contribution in [-0.4, -0.2) is 58.8 Å². The second kappa shape index (κ2) is 5.45. The smallest absolute Gasteiger partial charge is 0.406 e. The van der Waals surface area contributed by atoms with E-state index in [1.54, 1.807) is 0 Å². The van der Waals surface area contributed by atoms with Gasteiger partial charge in [-0.3, -0.25) is 0 Å². The molecule has 5 nitrogen and oxygen atoms in total. The van der Waals surface area contributed by atoms with Gasteiger partial charge in [0.05, 0.1) is 0 Å². The molecule has 0 unspecified atom stereocenters. The maximum atomic E-state index is 12.2. The number of likely N-dealkylation sites (N-methyl/N-ethyl adjacent to an activating group) is 1. The zero-order valence-corrected chi connectivity index (χ0v) is 10.7. The van der Waals surface area contributed by atoms with Crippen molar-refractivity contribution in [1.29, 1.82) is 0 Å². The van der Waals surface area contributed by atoms with Gasteiger partial charge in [-0.1, -0.05) is 0 Å². The molecule has 0 aliphatic carbocycles. The molecule has 0 fully saturated rings. The van der Waals surface area contributed by atoms with E-state index in [9.17, 15) is 22.8 Å². The van der Waals surface area contributed by atoms with Gasteiger partial charge in [0.25, 0.3) is 0 Å². The van der Waals surface area contributed by atoms with E-state index in [-0.39, 0.29) is 6.54 Å². The number of carbonyl (C=O) groups is 2. The fourth-order valence-corrected chi connectivity index (χ4v) is 1.13. The van der Waals surface area contributed by atoms with Crippen molar-refractivity contribution in [3.8, 4) is 0 Å². The van der Waals surface area contributed by atoms with Crippen LogP contribution >= 0.6 is 0 Å². The van der Waals surface area contributed by atoms with E-state index < -0.39 is 30.3 Å². The molecule has 18 heavy (non-hydrogen) atoms. The van der Waals surface area contributed by atoms with Crippen LogP contribution in [0.15, 0.2) is 0 Å². The van der Waals surface area contributed by atoms with Gasteiger partial charge in [0.1, 0.15) is 12.1 Å². The van der Waals surface area contributed by atoms with E-state index in [1.807, 2.05) is 0 Å². The lowest BCUT2D eigenvalue weighted by molar-refractivity contribution is -0.149. The molecule has 0 atom stereocenters. The lowest BCUT2D eigenvalue weighted by Gasteiger charge is -2.35. The van der Waals surface area contributed by atoms with Gasteiger partial charge in [0.2, 0.25) is 0 Å². The Bertz CT molecular complexity index is 329. The number of rotatable bonds is 4. The summed E-state index contributed by atoms with van der Waals surface area (Å²) in [7, 11) is 1.16. The molecule has 0 saturated heterocycles. The van der Waals surface area contributed by atoms with Crippen LogP contribution in [-0.2, 0) is 4.79 Å². The molecule has 0 aliphatic heterocycles. The Morgan fingerprint density at radius 2 is 1.67 bits per heavy atom. The average molecular weight is 270 g/mol. The molecule has 0 rings (SSSR count). The largest absolute Gasteiger partial charge is 0.480 e. The number of halogens is 3. The predicted molar refractivity (Wildman–Crippen MR) is 58.2 cm³/mol. The Kier molecular flexibility index (Phi) is 5.00. The number of carboxylic acid groups (broad SMARTS) is 1. The second-order valence-electron chi connectivity index (χ2n) is 4.34. The molecule has 0 saturated carbocycles. The van der Waals surface area contributed by atoms with Gasteiger partial charge >= 0.3 is 18.2 Å². The van der Waals surface area contributed by atoms with Gasteiger partial charge < -0.3 is 14.9 Å². The standard InChI is InChI=1S/C10H17F3N2O3/c1-5-15(6-10(11,12)13)8(18)14(4)9(2,3)7(16)17/h5-6H2,1-4H3,(H,16,17). The molecule has 0 aromatic heterocycles. The van der Waals surface area contributed by atoms with Gasteiger partial charge in [-0.05, 0) is 20.8 Å². The SMILES string of the molecule is CCN(CC(F)(F)F)C(=O)N(C)C(C)(C)C(=O)O. The monoisotopic (exact) mass is 270 g/mol. The fraction of sp³-hybridized carbons (Fsp3) is 0.800. The predicted octanol–water partition coefficient (Wildman–Crippen LogP) is 1.79. The summed E-state index contributed by atoms with van der Waals surface area (Å²) in [6.45, 7) is 2.33.